The molecule has 2 aliphatic heterocycles. The van der Waals surface area contributed by atoms with Crippen LogP contribution in [0.2, 0.25) is 0 Å². The smallest absolute Gasteiger partial charge is 0.320 e. The minimum atomic E-state index is -0.933. The highest BCUT2D eigenvalue weighted by Crippen LogP contribution is 2.21. The average molecular weight is 351 g/mol. The summed E-state index contributed by atoms with van der Waals surface area (Å²) in [6.45, 7) is 4.41. The molecule has 7 nitrogen and oxygen atoms in total. The zero-order chi connectivity index (χ0) is 18.1. The summed E-state index contributed by atoms with van der Waals surface area (Å²) in [5.41, 5.74) is 11.7. The Morgan fingerprint density at radius 1 is 1.16 bits per heavy atom. The Morgan fingerprint density at radius 3 is 2.16 bits per heavy atom. The molecule has 2 unspecified atom stereocenters. The van der Waals surface area contributed by atoms with Crippen LogP contribution in [0.1, 0.15) is 19.3 Å². The minimum absolute atomic E-state index is 0.434. The second kappa shape index (κ2) is 10.4. The number of benzene rings is 1. The predicted octanol–water partition coefficient (Wildman–Crippen LogP) is 0.818. The highest BCUT2D eigenvalue weighted by atomic mass is 16.6. The molecule has 0 amide bonds. The molecule has 7 heteroatoms. The Kier molecular flexibility index (Phi) is 8.14. The molecule has 2 saturated heterocycles. The summed E-state index contributed by atoms with van der Waals surface area (Å²) in [5.74, 6) is -0.933. The van der Waals surface area contributed by atoms with Crippen LogP contribution in [-0.2, 0) is 14.3 Å². The molecular formula is C18H29N3O4. The highest BCUT2D eigenvalue weighted by molar-refractivity contribution is 5.72. The topological polar surface area (TPSA) is 118 Å². The average Bonchev–Trinajstić information content (AvgIpc) is 3.52. The number of rotatable bonds is 10. The Hall–Kier alpha value is -1.67. The lowest BCUT2D eigenvalue weighted by Gasteiger charge is -2.23. The van der Waals surface area contributed by atoms with E-state index in [9.17, 15) is 4.79 Å². The standard InChI is InChI=1S/C12H15NO2.C6H14N2O2/c1-2-4-10(5-3-1)13(6-11-8-14-11)7-12-9-15-12;7-4-2-1-3-5(8)6(9)10/h1-5,11-12H,6-9H2;5H,1-4,7-8H2,(H,9,10)/t;5-/m.0/s1. The van der Waals surface area contributed by atoms with Gasteiger partial charge in [-0.05, 0) is 31.5 Å². The summed E-state index contributed by atoms with van der Waals surface area (Å²) in [5, 5.41) is 8.33. The summed E-state index contributed by atoms with van der Waals surface area (Å²) < 4.78 is 10.6. The summed E-state index contributed by atoms with van der Waals surface area (Å²) in [4.78, 5) is 12.5. The zero-order valence-electron chi connectivity index (χ0n) is 14.5. The fourth-order valence-corrected chi connectivity index (χ4v) is 2.39. The van der Waals surface area contributed by atoms with E-state index in [1.807, 2.05) is 6.07 Å². The molecule has 0 aliphatic carbocycles. The monoisotopic (exact) mass is 351 g/mol. The van der Waals surface area contributed by atoms with Crippen molar-refractivity contribution in [3.8, 4) is 0 Å². The number of nitrogens with zero attached hydrogens (tertiary/aromatic N) is 1. The van der Waals surface area contributed by atoms with Crippen molar-refractivity contribution in [3.63, 3.8) is 0 Å². The zero-order valence-corrected chi connectivity index (χ0v) is 14.5. The molecule has 0 saturated carbocycles. The van der Waals surface area contributed by atoms with Gasteiger partial charge in [0, 0.05) is 18.8 Å². The van der Waals surface area contributed by atoms with E-state index >= 15 is 0 Å². The van der Waals surface area contributed by atoms with Crippen LogP contribution in [0.25, 0.3) is 0 Å². The Balaban J connectivity index is 0.000000199. The number of nitrogens with two attached hydrogens (primary N) is 2. The van der Waals surface area contributed by atoms with Crippen LogP contribution in [0.3, 0.4) is 0 Å². The molecule has 0 spiro atoms. The van der Waals surface area contributed by atoms with Gasteiger partial charge in [-0.2, -0.15) is 0 Å². The van der Waals surface area contributed by atoms with Gasteiger partial charge >= 0.3 is 5.97 Å². The van der Waals surface area contributed by atoms with Crippen LogP contribution in [0.5, 0.6) is 0 Å². The molecule has 2 fully saturated rings. The van der Waals surface area contributed by atoms with Crippen molar-refractivity contribution < 1.29 is 19.4 Å². The summed E-state index contributed by atoms with van der Waals surface area (Å²) in [6.07, 6.45) is 3.03. The van der Waals surface area contributed by atoms with Gasteiger partial charge in [0.05, 0.1) is 25.4 Å². The van der Waals surface area contributed by atoms with Gasteiger partial charge in [0.25, 0.3) is 0 Å². The van der Waals surface area contributed by atoms with Gasteiger partial charge in [-0.25, -0.2) is 0 Å². The van der Waals surface area contributed by atoms with E-state index in [0.29, 0.717) is 25.2 Å². The molecule has 1 aromatic rings. The number of epoxide rings is 2. The van der Waals surface area contributed by atoms with Crippen molar-refractivity contribution in [2.45, 2.75) is 37.5 Å². The maximum Gasteiger partial charge on any atom is 0.320 e. The van der Waals surface area contributed by atoms with Gasteiger partial charge in [-0.1, -0.05) is 24.6 Å². The van der Waals surface area contributed by atoms with E-state index < -0.39 is 12.0 Å². The Morgan fingerprint density at radius 2 is 1.72 bits per heavy atom. The second-order valence-corrected chi connectivity index (χ2v) is 6.38. The minimum Gasteiger partial charge on any atom is -0.480 e. The molecule has 5 N–H and O–H groups in total. The SMILES string of the molecule is NCCCC[C@H](N)C(=O)O.c1ccc(N(CC2CO2)CC2CO2)cc1. The van der Waals surface area contributed by atoms with E-state index in [4.69, 9.17) is 26.0 Å². The number of hydrogen-bond donors (Lipinski definition) is 3. The Labute approximate surface area is 148 Å². The van der Waals surface area contributed by atoms with Gasteiger partial charge in [0.15, 0.2) is 0 Å². The van der Waals surface area contributed by atoms with Crippen LogP contribution in [0.4, 0.5) is 5.69 Å². The first-order valence-electron chi connectivity index (χ1n) is 8.81. The number of carboxylic acids is 1. The number of para-hydroxylation sites is 1. The van der Waals surface area contributed by atoms with Crippen molar-refractivity contribution in [1.29, 1.82) is 0 Å². The summed E-state index contributed by atoms with van der Waals surface area (Å²) in [6, 6.07) is 9.76. The summed E-state index contributed by atoms with van der Waals surface area (Å²) >= 11 is 0. The largest absolute Gasteiger partial charge is 0.480 e. The van der Waals surface area contributed by atoms with Crippen molar-refractivity contribution in [1.82, 2.24) is 0 Å². The maximum atomic E-state index is 10.1. The van der Waals surface area contributed by atoms with Crippen molar-refractivity contribution in [2.75, 3.05) is 37.7 Å². The predicted molar refractivity (Wildman–Crippen MR) is 96.7 cm³/mol. The first-order valence-corrected chi connectivity index (χ1v) is 8.81. The van der Waals surface area contributed by atoms with Crippen molar-refractivity contribution >= 4 is 11.7 Å². The molecule has 2 heterocycles. The number of carboxylic acid groups (broad SMARTS) is 1. The molecular weight excluding hydrogens is 322 g/mol. The van der Waals surface area contributed by atoms with Crippen LogP contribution in [0.15, 0.2) is 30.3 Å². The van der Waals surface area contributed by atoms with Crippen molar-refractivity contribution in [2.24, 2.45) is 11.5 Å². The molecule has 3 rings (SSSR count). The molecule has 140 valence electrons. The molecule has 0 radical (unpaired) electrons. The van der Waals surface area contributed by atoms with Crippen LogP contribution < -0.4 is 16.4 Å². The van der Waals surface area contributed by atoms with Gasteiger partial charge in [0.1, 0.15) is 6.04 Å². The van der Waals surface area contributed by atoms with Gasteiger partial charge < -0.3 is 30.9 Å². The third kappa shape index (κ3) is 8.31. The number of anilines is 1. The lowest BCUT2D eigenvalue weighted by molar-refractivity contribution is -0.138. The fraction of sp³-hybridized carbons (Fsp3) is 0.611. The second-order valence-electron chi connectivity index (χ2n) is 6.38. The summed E-state index contributed by atoms with van der Waals surface area (Å²) in [7, 11) is 0. The number of unbranched alkanes of at least 4 members (excludes halogenated alkanes) is 1. The number of aliphatic carboxylic acids is 1. The molecule has 2 aliphatic rings. The molecule has 25 heavy (non-hydrogen) atoms. The van der Waals surface area contributed by atoms with Gasteiger partial charge in [-0.3, -0.25) is 4.79 Å². The number of ether oxygens (including phenoxy) is 2. The van der Waals surface area contributed by atoms with E-state index in [1.165, 1.54) is 5.69 Å². The van der Waals surface area contributed by atoms with Crippen molar-refractivity contribution in [3.05, 3.63) is 30.3 Å². The van der Waals surface area contributed by atoms with Crippen LogP contribution in [0, 0.1) is 0 Å². The maximum absolute atomic E-state index is 10.1. The quantitative estimate of drug-likeness (QED) is 0.422. The van der Waals surface area contributed by atoms with Crippen LogP contribution >= 0.6 is 0 Å². The first kappa shape index (κ1) is 19.7. The lowest BCUT2D eigenvalue weighted by atomic mass is 10.1. The van der Waals surface area contributed by atoms with Gasteiger partial charge in [0.2, 0.25) is 0 Å². The normalized spacial score (nSPS) is 21.7. The molecule has 0 bridgehead atoms. The highest BCUT2D eigenvalue weighted by Gasteiger charge is 2.30. The third-order valence-corrected chi connectivity index (χ3v) is 4.06. The van der Waals surface area contributed by atoms with E-state index in [0.717, 1.165) is 39.1 Å². The lowest BCUT2D eigenvalue weighted by Crippen LogP contribution is -2.31. The number of hydrogen-bond acceptors (Lipinski definition) is 6. The van der Waals surface area contributed by atoms with E-state index in [-0.39, 0.29) is 0 Å². The van der Waals surface area contributed by atoms with Crippen LogP contribution in [-0.4, -0.2) is 62.2 Å². The van der Waals surface area contributed by atoms with E-state index in [1.54, 1.807) is 0 Å². The first-order chi connectivity index (χ1) is 12.1. The Bertz CT molecular complexity index is 492. The van der Waals surface area contributed by atoms with Gasteiger partial charge in [-0.15, -0.1) is 0 Å². The third-order valence-electron chi connectivity index (χ3n) is 4.06. The van der Waals surface area contributed by atoms with E-state index in [2.05, 4.69) is 29.2 Å². The molecule has 3 atom stereocenters. The molecule has 1 aromatic carbocycles. The number of carbonyl (C=O) groups is 1. The fourth-order valence-electron chi connectivity index (χ4n) is 2.39. The molecule has 0 aromatic heterocycles.